The number of amidine groups is 1. The fourth-order valence-electron chi connectivity index (χ4n) is 3.60. The molecular formula is C31H60N2O. The Balaban J connectivity index is -0.000000608. The zero-order valence-corrected chi connectivity index (χ0v) is 24.7. The van der Waals surface area contributed by atoms with Crippen molar-refractivity contribution in [1.29, 1.82) is 0 Å². The van der Waals surface area contributed by atoms with Crippen LogP contribution in [-0.4, -0.2) is 26.5 Å². The van der Waals surface area contributed by atoms with Crippen molar-refractivity contribution in [2.45, 2.75) is 113 Å². The Hall–Kier alpha value is -1.77. The van der Waals surface area contributed by atoms with Crippen molar-refractivity contribution in [3.63, 3.8) is 0 Å². The van der Waals surface area contributed by atoms with Gasteiger partial charge in [-0.2, -0.15) is 0 Å². The third-order valence-corrected chi connectivity index (χ3v) is 5.48. The molecule has 0 aromatic rings. The molecule has 0 aliphatic heterocycles. The summed E-state index contributed by atoms with van der Waals surface area (Å²) in [7, 11) is 3.66. The van der Waals surface area contributed by atoms with E-state index < -0.39 is 0 Å². The number of nitrogens with zero attached hydrogens (tertiary/aromatic N) is 1. The number of allylic oxidation sites excluding steroid dienone is 5. The van der Waals surface area contributed by atoms with Gasteiger partial charge in [0.2, 0.25) is 0 Å². The Bertz CT molecular complexity index is 550. The van der Waals surface area contributed by atoms with Crippen LogP contribution in [0.2, 0.25) is 0 Å². The van der Waals surface area contributed by atoms with Crippen molar-refractivity contribution < 1.29 is 4.74 Å². The highest BCUT2D eigenvalue weighted by Gasteiger charge is 2.07. The maximum atomic E-state index is 5.93. The van der Waals surface area contributed by atoms with E-state index in [1.807, 2.05) is 47.7 Å². The number of hydrogen-bond acceptors (Lipinski definition) is 2. The van der Waals surface area contributed by atoms with Crippen molar-refractivity contribution in [2.75, 3.05) is 20.7 Å². The van der Waals surface area contributed by atoms with Crippen molar-refractivity contribution in [3.8, 4) is 0 Å². The Morgan fingerprint density at radius 2 is 1.68 bits per heavy atom. The standard InChI is InChI=1S/C18H32N2O.C9H16.2C2H6/c1-7-10-15(4)12-13-17(11-8-2)21-14-16(9-3)18(19-5)20-6;1-2-9-7-5-3-4-6-8-9;2*1-2/h9,11-13,15H,7-8,10,14H2,1-6H3,(H,19,20);2,9H,1,3-8H2;2*1-2H3/b13-12-,16-9-,17-11+;;;. The van der Waals surface area contributed by atoms with Crippen LogP contribution in [0.15, 0.2) is 53.3 Å². The van der Waals surface area contributed by atoms with Crippen LogP contribution >= 0.6 is 0 Å². The summed E-state index contributed by atoms with van der Waals surface area (Å²) in [4.78, 5) is 4.22. The summed E-state index contributed by atoms with van der Waals surface area (Å²) >= 11 is 0. The molecule has 3 nitrogen and oxygen atoms in total. The van der Waals surface area contributed by atoms with Gasteiger partial charge in [-0.1, -0.05) is 98.8 Å². The van der Waals surface area contributed by atoms with E-state index in [1.165, 1.54) is 51.4 Å². The molecule has 3 heteroatoms. The molecule has 0 saturated heterocycles. The van der Waals surface area contributed by atoms with E-state index >= 15 is 0 Å². The van der Waals surface area contributed by atoms with E-state index in [9.17, 15) is 0 Å². The maximum Gasteiger partial charge on any atom is 0.126 e. The van der Waals surface area contributed by atoms with Crippen LogP contribution in [0.1, 0.15) is 113 Å². The van der Waals surface area contributed by atoms with Gasteiger partial charge in [-0.25, -0.2) is 0 Å². The highest BCUT2D eigenvalue weighted by Crippen LogP contribution is 2.22. The third-order valence-electron chi connectivity index (χ3n) is 5.48. The lowest BCUT2D eigenvalue weighted by Crippen LogP contribution is -2.23. The summed E-state index contributed by atoms with van der Waals surface area (Å²) in [6, 6.07) is 0. The second-order valence-corrected chi connectivity index (χ2v) is 8.05. The van der Waals surface area contributed by atoms with E-state index in [2.05, 4.69) is 62.0 Å². The van der Waals surface area contributed by atoms with Gasteiger partial charge >= 0.3 is 0 Å². The molecule has 1 saturated carbocycles. The van der Waals surface area contributed by atoms with Gasteiger partial charge in [-0.3, -0.25) is 4.99 Å². The second-order valence-electron chi connectivity index (χ2n) is 8.05. The molecule has 1 atom stereocenters. The molecule has 1 aliphatic rings. The molecule has 200 valence electrons. The monoisotopic (exact) mass is 476 g/mol. The normalized spacial score (nSPS) is 16.0. The molecule has 0 bridgehead atoms. The van der Waals surface area contributed by atoms with Crippen LogP contribution < -0.4 is 5.32 Å². The van der Waals surface area contributed by atoms with Crippen molar-refractivity contribution in [2.24, 2.45) is 16.8 Å². The van der Waals surface area contributed by atoms with Gasteiger partial charge in [0.1, 0.15) is 18.2 Å². The van der Waals surface area contributed by atoms with Gasteiger partial charge in [-0.05, 0) is 56.6 Å². The average molecular weight is 477 g/mol. The van der Waals surface area contributed by atoms with Crippen LogP contribution in [0.5, 0.6) is 0 Å². The molecule has 34 heavy (non-hydrogen) atoms. The minimum atomic E-state index is 0.530. The molecule has 0 amide bonds. The smallest absolute Gasteiger partial charge is 0.126 e. The highest BCUT2D eigenvalue weighted by atomic mass is 16.5. The molecule has 1 rings (SSSR count). The first-order valence-corrected chi connectivity index (χ1v) is 14.0. The lowest BCUT2D eigenvalue weighted by molar-refractivity contribution is 0.255. The Morgan fingerprint density at radius 1 is 1.09 bits per heavy atom. The van der Waals surface area contributed by atoms with Gasteiger partial charge in [0, 0.05) is 19.7 Å². The summed E-state index contributed by atoms with van der Waals surface area (Å²) in [5, 5.41) is 3.09. The molecule has 0 aromatic carbocycles. The minimum Gasteiger partial charge on any atom is -0.489 e. The highest BCUT2D eigenvalue weighted by molar-refractivity contribution is 5.98. The van der Waals surface area contributed by atoms with Gasteiger partial charge in [0.25, 0.3) is 0 Å². The largest absolute Gasteiger partial charge is 0.489 e. The average Bonchev–Trinajstić information content (AvgIpc) is 3.17. The molecule has 1 unspecified atom stereocenters. The lowest BCUT2D eigenvalue weighted by atomic mass is 10.0. The fourth-order valence-corrected chi connectivity index (χ4v) is 3.60. The van der Waals surface area contributed by atoms with Gasteiger partial charge in [0.15, 0.2) is 0 Å². The molecular weight excluding hydrogens is 416 g/mol. The van der Waals surface area contributed by atoms with Crippen LogP contribution in [-0.2, 0) is 4.74 Å². The summed E-state index contributed by atoms with van der Waals surface area (Å²) < 4.78 is 5.93. The van der Waals surface area contributed by atoms with Crippen LogP contribution in [0, 0.1) is 11.8 Å². The first-order valence-electron chi connectivity index (χ1n) is 14.0. The predicted molar refractivity (Wildman–Crippen MR) is 158 cm³/mol. The summed E-state index contributed by atoms with van der Waals surface area (Å²) in [5.41, 5.74) is 1.07. The molecule has 1 N–H and O–H groups in total. The van der Waals surface area contributed by atoms with Gasteiger partial charge < -0.3 is 10.1 Å². The molecule has 0 spiro atoms. The quantitative estimate of drug-likeness (QED) is 0.0850. The second kappa shape index (κ2) is 29.3. The topological polar surface area (TPSA) is 33.6 Å². The van der Waals surface area contributed by atoms with E-state index in [1.54, 1.807) is 7.05 Å². The minimum absolute atomic E-state index is 0.530. The Morgan fingerprint density at radius 3 is 2.09 bits per heavy atom. The summed E-state index contributed by atoms with van der Waals surface area (Å²) in [5.74, 6) is 3.24. The van der Waals surface area contributed by atoms with E-state index in [0.29, 0.717) is 12.5 Å². The third kappa shape index (κ3) is 20.8. The summed E-state index contributed by atoms with van der Waals surface area (Å²) in [6.45, 7) is 20.9. The van der Waals surface area contributed by atoms with Crippen molar-refractivity contribution >= 4 is 5.84 Å². The molecule has 1 fully saturated rings. The first kappa shape index (κ1) is 36.8. The van der Waals surface area contributed by atoms with Crippen molar-refractivity contribution in [3.05, 3.63) is 48.3 Å². The van der Waals surface area contributed by atoms with Gasteiger partial charge in [0.05, 0.1) is 0 Å². The summed E-state index contributed by atoms with van der Waals surface area (Å²) in [6.07, 6.45) is 22.5. The van der Waals surface area contributed by atoms with Crippen molar-refractivity contribution in [1.82, 2.24) is 5.32 Å². The first-order chi connectivity index (χ1) is 16.6. The number of nitrogens with one attached hydrogen (secondary N) is 1. The SMILES string of the molecule is C/C=C(/COC(/C=C\C(C)CCC)=C/CC)C(=NC)NC.C=CC1CCCCCC1.CC.CC. The predicted octanol–water partition coefficient (Wildman–Crippen LogP) is 9.68. The lowest BCUT2D eigenvalue weighted by Gasteiger charge is -2.13. The zero-order valence-electron chi connectivity index (χ0n) is 24.7. The number of likely N-dealkylation sites (N-methyl/N-ethyl adjacent to an activating group) is 1. The Kier molecular flexibility index (Phi) is 31.7. The number of hydrogen-bond donors (Lipinski definition) is 1. The molecule has 0 aromatic heterocycles. The number of ether oxygens (including phenoxy) is 1. The number of aliphatic imine (C=N–C) groups is 1. The molecule has 1 aliphatic carbocycles. The van der Waals surface area contributed by atoms with Crippen LogP contribution in [0.3, 0.4) is 0 Å². The van der Waals surface area contributed by atoms with E-state index in [4.69, 9.17) is 4.74 Å². The van der Waals surface area contributed by atoms with Crippen LogP contribution in [0.4, 0.5) is 0 Å². The van der Waals surface area contributed by atoms with Gasteiger partial charge in [-0.15, -0.1) is 6.58 Å². The number of rotatable bonds is 10. The zero-order chi connectivity index (χ0) is 26.6. The van der Waals surface area contributed by atoms with Crippen LogP contribution in [0.25, 0.3) is 0 Å². The molecule has 0 heterocycles. The Labute approximate surface area is 214 Å². The van der Waals surface area contributed by atoms with E-state index in [-0.39, 0.29) is 0 Å². The maximum absolute atomic E-state index is 5.93. The van der Waals surface area contributed by atoms with E-state index in [0.717, 1.165) is 29.5 Å². The fraction of sp³-hybridized carbons (Fsp3) is 0.710. The molecule has 0 radical (unpaired) electrons.